The van der Waals surface area contributed by atoms with Crippen LogP contribution in [0.1, 0.15) is 22.0 Å². The van der Waals surface area contributed by atoms with Crippen molar-refractivity contribution < 1.29 is 0 Å². The Hall–Kier alpha value is -0.250. The lowest BCUT2D eigenvalue weighted by atomic mass is 10.1. The molecule has 0 saturated carbocycles. The van der Waals surface area contributed by atoms with E-state index in [1.165, 1.54) is 0 Å². The average molecular weight is 321 g/mol. The fraction of sp³-hybridized carbons (Fsp3) is 0.231. The smallest absolute Gasteiger partial charge is 0.0595 e. The number of nitrogens with two attached hydrogens (primary N) is 1. The summed E-state index contributed by atoms with van der Waals surface area (Å²) in [6, 6.07) is 5.45. The highest BCUT2D eigenvalue weighted by Crippen LogP contribution is 2.33. The van der Waals surface area contributed by atoms with Crippen LogP contribution in [0.5, 0.6) is 0 Å². The number of halogens is 3. The number of hydrogen-bond acceptors (Lipinski definition) is 2. The van der Waals surface area contributed by atoms with Gasteiger partial charge in [0.25, 0.3) is 0 Å². The number of hydrogen-bond donors (Lipinski definition) is 1. The summed E-state index contributed by atoms with van der Waals surface area (Å²) in [6.07, 6.45) is 0.691. The third-order valence-corrected chi connectivity index (χ3v) is 5.29. The molecule has 1 atom stereocenters. The van der Waals surface area contributed by atoms with Crippen molar-refractivity contribution >= 4 is 46.1 Å². The Morgan fingerprint density at radius 1 is 1.22 bits per heavy atom. The molecule has 0 amide bonds. The van der Waals surface area contributed by atoms with E-state index in [9.17, 15) is 0 Å². The molecule has 2 rings (SSSR count). The van der Waals surface area contributed by atoms with Gasteiger partial charge in [0.2, 0.25) is 0 Å². The van der Waals surface area contributed by atoms with Crippen LogP contribution in [0.25, 0.3) is 0 Å². The quantitative estimate of drug-likeness (QED) is 0.820. The first-order valence-electron chi connectivity index (χ1n) is 5.42. The highest BCUT2D eigenvalue weighted by molar-refractivity contribution is 7.10. The molecule has 0 fully saturated rings. The molecule has 0 bridgehead atoms. The van der Waals surface area contributed by atoms with Crippen LogP contribution in [0, 0.1) is 6.92 Å². The molecule has 0 aliphatic rings. The van der Waals surface area contributed by atoms with Gasteiger partial charge in [0.1, 0.15) is 0 Å². The lowest BCUT2D eigenvalue weighted by molar-refractivity contribution is 0.736. The van der Waals surface area contributed by atoms with Gasteiger partial charge in [-0.15, -0.1) is 11.3 Å². The summed E-state index contributed by atoms with van der Waals surface area (Å²) < 4.78 is 0. The molecule has 1 nitrogen and oxygen atoms in total. The van der Waals surface area contributed by atoms with Crippen molar-refractivity contribution in [2.45, 2.75) is 19.4 Å². The van der Waals surface area contributed by atoms with Gasteiger partial charge in [-0.1, -0.05) is 40.9 Å². The zero-order valence-electron chi connectivity index (χ0n) is 9.71. The van der Waals surface area contributed by atoms with Gasteiger partial charge < -0.3 is 5.73 Å². The number of rotatable bonds is 3. The predicted molar refractivity (Wildman–Crippen MR) is 81.2 cm³/mol. The monoisotopic (exact) mass is 319 g/mol. The van der Waals surface area contributed by atoms with Crippen LogP contribution < -0.4 is 5.73 Å². The Balaban J connectivity index is 2.18. The largest absolute Gasteiger partial charge is 0.323 e. The highest BCUT2D eigenvalue weighted by atomic mass is 35.5. The average Bonchev–Trinajstić information content (AvgIpc) is 2.65. The maximum absolute atomic E-state index is 6.21. The summed E-state index contributed by atoms with van der Waals surface area (Å²) in [4.78, 5) is 1.01. The van der Waals surface area contributed by atoms with E-state index in [-0.39, 0.29) is 6.04 Å². The molecule has 0 radical (unpaired) electrons. The van der Waals surface area contributed by atoms with Crippen molar-refractivity contribution in [1.82, 2.24) is 0 Å². The first-order chi connectivity index (χ1) is 8.49. The minimum atomic E-state index is -0.117. The Labute approximate surface area is 125 Å². The molecule has 0 saturated heterocycles. The van der Waals surface area contributed by atoms with Gasteiger partial charge in [-0.3, -0.25) is 0 Å². The van der Waals surface area contributed by atoms with Gasteiger partial charge in [0.05, 0.1) is 15.1 Å². The van der Waals surface area contributed by atoms with E-state index in [1.807, 2.05) is 24.4 Å². The Kier molecular flexibility index (Phi) is 4.57. The van der Waals surface area contributed by atoms with E-state index in [0.717, 1.165) is 21.0 Å². The lowest BCUT2D eigenvalue weighted by Gasteiger charge is -2.11. The third-order valence-electron chi connectivity index (χ3n) is 2.70. The summed E-state index contributed by atoms with van der Waals surface area (Å²) in [6.45, 7) is 1.98. The van der Waals surface area contributed by atoms with E-state index in [0.29, 0.717) is 16.5 Å². The number of benzene rings is 1. The van der Waals surface area contributed by atoms with E-state index in [1.54, 1.807) is 17.4 Å². The van der Waals surface area contributed by atoms with Crippen LogP contribution in [-0.2, 0) is 6.42 Å². The van der Waals surface area contributed by atoms with Crippen LogP contribution in [0.2, 0.25) is 15.1 Å². The van der Waals surface area contributed by atoms with Crippen molar-refractivity contribution in [3.05, 3.63) is 54.7 Å². The second-order valence-corrected chi connectivity index (χ2v) is 6.26. The fourth-order valence-corrected chi connectivity index (χ4v) is 3.37. The maximum Gasteiger partial charge on any atom is 0.0595 e. The molecule has 0 aliphatic carbocycles. The number of thiophene rings is 1. The summed E-state index contributed by atoms with van der Waals surface area (Å²) in [5.74, 6) is 0. The second-order valence-electron chi connectivity index (χ2n) is 4.16. The Morgan fingerprint density at radius 3 is 2.50 bits per heavy atom. The van der Waals surface area contributed by atoms with Crippen molar-refractivity contribution in [2.75, 3.05) is 0 Å². The molecule has 0 spiro atoms. The minimum Gasteiger partial charge on any atom is -0.323 e. The van der Waals surface area contributed by atoms with Gasteiger partial charge in [-0.2, -0.15) is 0 Å². The van der Waals surface area contributed by atoms with Crippen LogP contribution in [0.3, 0.4) is 0 Å². The lowest BCUT2D eigenvalue weighted by Crippen LogP contribution is -2.12. The standard InChI is InChI=1S/C13H12Cl3NS/c1-7-6-18-13(12(7)16)11(17)5-8-2-3-9(14)10(15)4-8/h2-4,6,11H,5,17H2,1H3. The topological polar surface area (TPSA) is 26.0 Å². The van der Waals surface area contributed by atoms with Crippen LogP contribution in [-0.4, -0.2) is 0 Å². The molecular weight excluding hydrogens is 309 g/mol. The van der Waals surface area contributed by atoms with Gasteiger partial charge in [-0.05, 0) is 42.0 Å². The highest BCUT2D eigenvalue weighted by Gasteiger charge is 2.15. The van der Waals surface area contributed by atoms with Crippen molar-refractivity contribution in [1.29, 1.82) is 0 Å². The van der Waals surface area contributed by atoms with E-state index >= 15 is 0 Å². The fourth-order valence-electron chi connectivity index (χ4n) is 1.71. The Bertz CT molecular complexity index is 565. The zero-order chi connectivity index (χ0) is 13.3. The Morgan fingerprint density at radius 2 is 1.94 bits per heavy atom. The SMILES string of the molecule is Cc1csc(C(N)Cc2ccc(Cl)c(Cl)c2)c1Cl. The van der Waals surface area contributed by atoms with Crippen LogP contribution in [0.4, 0.5) is 0 Å². The van der Waals surface area contributed by atoms with Crippen molar-refractivity contribution in [3.63, 3.8) is 0 Å². The molecule has 1 heterocycles. The molecule has 0 aliphatic heterocycles. The zero-order valence-corrected chi connectivity index (χ0v) is 12.8. The summed E-state index contributed by atoms with van der Waals surface area (Å²) in [5, 5.41) is 3.90. The van der Waals surface area contributed by atoms with Gasteiger partial charge in [-0.25, -0.2) is 0 Å². The van der Waals surface area contributed by atoms with Gasteiger partial charge in [0, 0.05) is 10.9 Å². The van der Waals surface area contributed by atoms with Crippen LogP contribution in [0.15, 0.2) is 23.6 Å². The van der Waals surface area contributed by atoms with Gasteiger partial charge >= 0.3 is 0 Å². The molecule has 96 valence electrons. The molecule has 1 aromatic heterocycles. The molecule has 1 unspecified atom stereocenters. The summed E-state index contributed by atoms with van der Waals surface area (Å²) in [5.41, 5.74) is 8.30. The maximum atomic E-state index is 6.21. The van der Waals surface area contributed by atoms with E-state index < -0.39 is 0 Å². The normalized spacial score (nSPS) is 12.7. The van der Waals surface area contributed by atoms with Crippen molar-refractivity contribution in [3.8, 4) is 0 Å². The van der Waals surface area contributed by atoms with Crippen LogP contribution >= 0.6 is 46.1 Å². The minimum absolute atomic E-state index is 0.117. The predicted octanol–water partition coefficient (Wildman–Crippen LogP) is 5.26. The third kappa shape index (κ3) is 3.01. The first kappa shape index (κ1) is 14.2. The molecule has 2 aromatic rings. The van der Waals surface area contributed by atoms with Gasteiger partial charge in [0.15, 0.2) is 0 Å². The molecular formula is C13H12Cl3NS. The molecule has 5 heteroatoms. The molecule has 18 heavy (non-hydrogen) atoms. The van der Waals surface area contributed by atoms with E-state index in [2.05, 4.69) is 0 Å². The molecule has 1 aromatic carbocycles. The van der Waals surface area contributed by atoms with E-state index in [4.69, 9.17) is 40.5 Å². The summed E-state index contributed by atoms with van der Waals surface area (Å²) >= 11 is 19.7. The van der Waals surface area contributed by atoms with Crippen molar-refractivity contribution in [2.24, 2.45) is 5.73 Å². The second kappa shape index (κ2) is 5.81. The molecule has 2 N–H and O–H groups in total. The summed E-state index contributed by atoms with van der Waals surface area (Å²) in [7, 11) is 0. The first-order valence-corrected chi connectivity index (χ1v) is 7.43. The number of aryl methyl sites for hydroxylation is 1.